The standard InChI is InChI=1S/C20H21ClN2O4/c1-24-7-9-26-19-12-17-16(20(21)23-14-22-17)11-18(19)27-10-8-25-13-15-5-3-2-4-6-15/h2-6,11-12,14H,7-10,13H2,1H3. The minimum absolute atomic E-state index is 0.369. The van der Waals surface area contributed by atoms with E-state index in [9.17, 15) is 0 Å². The first-order valence-electron chi connectivity index (χ1n) is 8.58. The molecule has 0 aliphatic rings. The molecule has 0 saturated heterocycles. The van der Waals surface area contributed by atoms with E-state index in [4.69, 9.17) is 30.5 Å². The molecule has 0 saturated carbocycles. The average Bonchev–Trinajstić information content (AvgIpc) is 2.69. The van der Waals surface area contributed by atoms with Crippen molar-refractivity contribution < 1.29 is 18.9 Å². The first kappa shape index (κ1) is 19.4. The number of aromatic nitrogens is 2. The molecule has 0 aliphatic carbocycles. The Kier molecular flexibility index (Phi) is 7.21. The van der Waals surface area contributed by atoms with Crippen molar-refractivity contribution >= 4 is 22.5 Å². The number of ether oxygens (including phenoxy) is 4. The maximum Gasteiger partial charge on any atom is 0.163 e. The summed E-state index contributed by atoms with van der Waals surface area (Å²) in [5.74, 6) is 1.15. The van der Waals surface area contributed by atoms with Crippen LogP contribution in [0.5, 0.6) is 11.5 Å². The van der Waals surface area contributed by atoms with Gasteiger partial charge in [-0.25, -0.2) is 9.97 Å². The molecular formula is C20H21ClN2O4. The van der Waals surface area contributed by atoms with E-state index < -0.39 is 0 Å². The Morgan fingerprint density at radius 3 is 2.41 bits per heavy atom. The Bertz CT molecular complexity index is 861. The molecule has 0 aliphatic heterocycles. The Balaban J connectivity index is 1.63. The second-order valence-electron chi connectivity index (χ2n) is 5.71. The van der Waals surface area contributed by atoms with Crippen LogP contribution < -0.4 is 9.47 Å². The summed E-state index contributed by atoms with van der Waals surface area (Å²) in [5, 5.41) is 1.08. The van der Waals surface area contributed by atoms with Crippen molar-refractivity contribution in [2.45, 2.75) is 6.61 Å². The summed E-state index contributed by atoms with van der Waals surface area (Å²) in [7, 11) is 1.62. The van der Waals surface area contributed by atoms with Crippen LogP contribution in [0.15, 0.2) is 48.8 Å². The van der Waals surface area contributed by atoms with Crippen LogP contribution in [0.1, 0.15) is 5.56 Å². The van der Waals surface area contributed by atoms with Crippen molar-refractivity contribution in [1.29, 1.82) is 0 Å². The van der Waals surface area contributed by atoms with Crippen molar-refractivity contribution in [2.24, 2.45) is 0 Å². The Morgan fingerprint density at radius 1 is 0.889 bits per heavy atom. The van der Waals surface area contributed by atoms with Gasteiger partial charge in [0.2, 0.25) is 0 Å². The molecule has 0 amide bonds. The van der Waals surface area contributed by atoms with E-state index >= 15 is 0 Å². The van der Waals surface area contributed by atoms with Gasteiger partial charge < -0.3 is 18.9 Å². The van der Waals surface area contributed by atoms with Gasteiger partial charge in [-0.1, -0.05) is 41.9 Å². The van der Waals surface area contributed by atoms with Gasteiger partial charge in [0.25, 0.3) is 0 Å². The van der Waals surface area contributed by atoms with Crippen molar-refractivity contribution in [3.8, 4) is 11.5 Å². The largest absolute Gasteiger partial charge is 0.487 e. The van der Waals surface area contributed by atoms with Crippen LogP contribution in [0.25, 0.3) is 10.9 Å². The number of fused-ring (bicyclic) bond motifs is 1. The number of halogens is 1. The minimum atomic E-state index is 0.369. The Morgan fingerprint density at radius 2 is 1.63 bits per heavy atom. The molecule has 0 bridgehead atoms. The van der Waals surface area contributed by atoms with E-state index in [1.165, 1.54) is 6.33 Å². The zero-order valence-electron chi connectivity index (χ0n) is 15.1. The maximum atomic E-state index is 6.17. The summed E-state index contributed by atoms with van der Waals surface area (Å²) in [5.41, 5.74) is 1.81. The highest BCUT2D eigenvalue weighted by molar-refractivity contribution is 6.34. The number of hydrogen-bond donors (Lipinski definition) is 0. The van der Waals surface area contributed by atoms with Gasteiger partial charge in [0.15, 0.2) is 11.5 Å². The number of benzene rings is 2. The molecule has 0 N–H and O–H groups in total. The fourth-order valence-corrected chi connectivity index (χ4v) is 2.66. The second kappa shape index (κ2) is 10.1. The monoisotopic (exact) mass is 388 g/mol. The van der Waals surface area contributed by atoms with Gasteiger partial charge in [-0.3, -0.25) is 0 Å². The predicted octanol–water partition coefficient (Wildman–Crippen LogP) is 3.90. The lowest BCUT2D eigenvalue weighted by molar-refractivity contribution is 0.0868. The summed E-state index contributed by atoms with van der Waals surface area (Å²) in [4.78, 5) is 8.24. The highest BCUT2D eigenvalue weighted by Crippen LogP contribution is 2.34. The first-order chi connectivity index (χ1) is 13.3. The zero-order valence-corrected chi connectivity index (χ0v) is 15.8. The zero-order chi connectivity index (χ0) is 18.9. The summed E-state index contributed by atoms with van der Waals surface area (Å²) in [6.45, 7) is 2.25. The van der Waals surface area contributed by atoms with Crippen molar-refractivity contribution in [2.75, 3.05) is 33.5 Å². The molecule has 0 unspecified atom stereocenters. The van der Waals surface area contributed by atoms with Gasteiger partial charge >= 0.3 is 0 Å². The summed E-state index contributed by atoms with van der Waals surface area (Å²) in [6, 6.07) is 13.6. The van der Waals surface area contributed by atoms with Crippen LogP contribution in [0.3, 0.4) is 0 Å². The van der Waals surface area contributed by atoms with Crippen LogP contribution in [0.2, 0.25) is 5.15 Å². The van der Waals surface area contributed by atoms with E-state index in [2.05, 4.69) is 9.97 Å². The van der Waals surface area contributed by atoms with Crippen molar-refractivity contribution in [3.63, 3.8) is 0 Å². The molecule has 0 spiro atoms. The number of nitrogens with zero attached hydrogens (tertiary/aromatic N) is 2. The van der Waals surface area contributed by atoms with E-state index in [1.807, 2.05) is 30.3 Å². The average molecular weight is 389 g/mol. The molecule has 0 radical (unpaired) electrons. The van der Waals surface area contributed by atoms with Crippen molar-refractivity contribution in [3.05, 3.63) is 59.5 Å². The molecule has 6 nitrogen and oxygen atoms in total. The molecule has 0 fully saturated rings. The normalized spacial score (nSPS) is 10.9. The minimum Gasteiger partial charge on any atom is -0.487 e. The molecular weight excluding hydrogens is 368 g/mol. The van der Waals surface area contributed by atoms with Crippen LogP contribution >= 0.6 is 11.6 Å². The van der Waals surface area contributed by atoms with E-state index in [-0.39, 0.29) is 0 Å². The van der Waals surface area contributed by atoms with Crippen LogP contribution in [0.4, 0.5) is 0 Å². The van der Waals surface area contributed by atoms with Gasteiger partial charge in [0.1, 0.15) is 24.7 Å². The second-order valence-corrected chi connectivity index (χ2v) is 6.07. The van der Waals surface area contributed by atoms with Gasteiger partial charge in [-0.05, 0) is 11.6 Å². The lowest BCUT2D eigenvalue weighted by Gasteiger charge is -2.14. The summed E-state index contributed by atoms with van der Waals surface area (Å²) >= 11 is 6.17. The SMILES string of the molecule is COCCOc1cc2ncnc(Cl)c2cc1OCCOCc1ccccc1. The number of rotatable bonds is 10. The Labute approximate surface area is 163 Å². The van der Waals surface area contributed by atoms with E-state index in [1.54, 1.807) is 19.2 Å². The maximum absolute atomic E-state index is 6.17. The lowest BCUT2D eigenvalue weighted by atomic mass is 10.2. The van der Waals surface area contributed by atoms with E-state index in [0.717, 1.165) is 5.56 Å². The van der Waals surface area contributed by atoms with Crippen LogP contribution in [-0.2, 0) is 16.1 Å². The molecule has 0 atom stereocenters. The van der Waals surface area contributed by atoms with Gasteiger partial charge in [0.05, 0.1) is 25.3 Å². The lowest BCUT2D eigenvalue weighted by Crippen LogP contribution is -2.09. The van der Waals surface area contributed by atoms with Gasteiger partial charge in [-0.2, -0.15) is 0 Å². The molecule has 142 valence electrons. The predicted molar refractivity (Wildman–Crippen MR) is 104 cm³/mol. The molecule has 3 aromatic rings. The highest BCUT2D eigenvalue weighted by Gasteiger charge is 2.11. The highest BCUT2D eigenvalue weighted by atomic mass is 35.5. The van der Waals surface area contributed by atoms with Crippen molar-refractivity contribution in [1.82, 2.24) is 9.97 Å². The number of hydrogen-bond acceptors (Lipinski definition) is 6. The third-order valence-corrected chi connectivity index (χ3v) is 4.10. The third-order valence-electron chi connectivity index (χ3n) is 3.79. The van der Waals surface area contributed by atoms with Gasteiger partial charge in [0, 0.05) is 18.6 Å². The molecule has 1 aromatic heterocycles. The summed E-state index contributed by atoms with van der Waals surface area (Å²) < 4.78 is 22.3. The Hall–Kier alpha value is -2.41. The quantitative estimate of drug-likeness (QED) is 0.387. The molecule has 1 heterocycles. The molecule has 7 heteroatoms. The third kappa shape index (κ3) is 5.53. The summed E-state index contributed by atoms with van der Waals surface area (Å²) in [6.07, 6.45) is 1.42. The van der Waals surface area contributed by atoms with E-state index in [0.29, 0.717) is 60.6 Å². The van der Waals surface area contributed by atoms with Gasteiger partial charge in [-0.15, -0.1) is 0 Å². The molecule has 3 rings (SSSR count). The van der Waals surface area contributed by atoms with Crippen LogP contribution in [0, 0.1) is 0 Å². The topological polar surface area (TPSA) is 62.7 Å². The fraction of sp³-hybridized carbons (Fsp3) is 0.300. The molecule has 27 heavy (non-hydrogen) atoms. The fourth-order valence-electron chi connectivity index (χ4n) is 2.47. The first-order valence-corrected chi connectivity index (χ1v) is 8.96. The number of methoxy groups -OCH3 is 1. The van der Waals surface area contributed by atoms with Crippen LogP contribution in [-0.4, -0.2) is 43.5 Å². The smallest absolute Gasteiger partial charge is 0.163 e. The molecule has 2 aromatic carbocycles.